The Morgan fingerprint density at radius 1 is 1.07 bits per heavy atom. The molecule has 7 heteroatoms. The van der Waals surface area contributed by atoms with Crippen LogP contribution in [-0.4, -0.2) is 20.9 Å². The van der Waals surface area contributed by atoms with E-state index in [2.05, 4.69) is 5.32 Å². The van der Waals surface area contributed by atoms with Crippen molar-refractivity contribution in [1.82, 2.24) is 5.32 Å². The number of hydrogen-bond donors (Lipinski definition) is 1. The number of fused-ring (bicyclic) bond motifs is 1. The number of anilines is 1. The monoisotopic (exact) mass is 412 g/mol. The summed E-state index contributed by atoms with van der Waals surface area (Å²) in [5.74, 6) is -0.269. The van der Waals surface area contributed by atoms with Crippen molar-refractivity contribution in [3.63, 3.8) is 0 Å². The first kappa shape index (κ1) is 18.7. The first-order valence-corrected chi connectivity index (χ1v) is 11.4. The van der Waals surface area contributed by atoms with E-state index in [1.54, 1.807) is 5.38 Å². The van der Waals surface area contributed by atoms with Gasteiger partial charge < -0.3 is 5.32 Å². The van der Waals surface area contributed by atoms with Gasteiger partial charge in [0.1, 0.15) is 0 Å². The highest BCUT2D eigenvalue weighted by atomic mass is 32.2. The van der Waals surface area contributed by atoms with Crippen LogP contribution in [0, 0.1) is 0 Å². The Balaban J connectivity index is 1.53. The molecule has 0 saturated carbocycles. The third-order valence-electron chi connectivity index (χ3n) is 4.75. The van der Waals surface area contributed by atoms with Crippen LogP contribution in [0.1, 0.15) is 27.2 Å². The zero-order chi connectivity index (χ0) is 19.6. The molecule has 0 unspecified atom stereocenters. The number of hydrogen-bond acceptors (Lipinski definition) is 4. The normalized spacial score (nSPS) is 13.8. The second-order valence-corrected chi connectivity index (χ2v) is 9.40. The van der Waals surface area contributed by atoms with Gasteiger partial charge in [-0.25, -0.2) is 8.42 Å². The van der Waals surface area contributed by atoms with Crippen molar-refractivity contribution in [3.8, 4) is 0 Å². The maximum atomic E-state index is 13.2. The molecule has 28 heavy (non-hydrogen) atoms. The third kappa shape index (κ3) is 3.68. The molecule has 0 fully saturated rings. The Labute approximate surface area is 168 Å². The Kier molecular flexibility index (Phi) is 5.19. The van der Waals surface area contributed by atoms with Crippen molar-refractivity contribution < 1.29 is 13.2 Å². The van der Waals surface area contributed by atoms with Gasteiger partial charge in [0.25, 0.3) is 15.9 Å². The molecular weight excluding hydrogens is 392 g/mol. The lowest BCUT2D eigenvalue weighted by Crippen LogP contribution is -2.35. The smallest absolute Gasteiger partial charge is 0.265 e. The Morgan fingerprint density at radius 3 is 2.64 bits per heavy atom. The van der Waals surface area contributed by atoms with Crippen molar-refractivity contribution in [2.75, 3.05) is 10.8 Å². The minimum absolute atomic E-state index is 0.166. The Bertz CT molecular complexity index is 1090. The van der Waals surface area contributed by atoms with E-state index in [4.69, 9.17) is 0 Å². The van der Waals surface area contributed by atoms with Gasteiger partial charge in [-0.3, -0.25) is 9.10 Å². The minimum Gasteiger partial charge on any atom is -0.347 e. The molecule has 0 bridgehead atoms. The maximum Gasteiger partial charge on any atom is 0.265 e. The summed E-state index contributed by atoms with van der Waals surface area (Å²) in [6, 6.07) is 18.6. The van der Waals surface area contributed by atoms with Crippen LogP contribution >= 0.6 is 11.3 Å². The maximum absolute atomic E-state index is 13.2. The van der Waals surface area contributed by atoms with Gasteiger partial charge in [0, 0.05) is 18.5 Å². The molecule has 0 saturated heterocycles. The zero-order valence-corrected chi connectivity index (χ0v) is 16.8. The number of carbonyl (C=O) groups is 1. The van der Waals surface area contributed by atoms with Crippen LogP contribution < -0.4 is 9.62 Å². The lowest BCUT2D eigenvalue weighted by Gasteiger charge is -2.30. The SMILES string of the molecule is O=C(NCc1ccccc1)c1cc(S(=O)(=O)N2CCCc3ccccc32)cs1. The number of thiophene rings is 1. The lowest BCUT2D eigenvalue weighted by molar-refractivity contribution is 0.0955. The number of para-hydroxylation sites is 1. The molecule has 5 nitrogen and oxygen atoms in total. The van der Waals surface area contributed by atoms with Gasteiger partial charge in [-0.05, 0) is 36.1 Å². The van der Waals surface area contributed by atoms with Gasteiger partial charge in [-0.1, -0.05) is 48.5 Å². The van der Waals surface area contributed by atoms with Crippen LogP contribution in [-0.2, 0) is 23.0 Å². The summed E-state index contributed by atoms with van der Waals surface area (Å²) in [6.45, 7) is 0.851. The largest absolute Gasteiger partial charge is 0.347 e. The van der Waals surface area contributed by atoms with E-state index >= 15 is 0 Å². The van der Waals surface area contributed by atoms with Gasteiger partial charge in [0.15, 0.2) is 0 Å². The van der Waals surface area contributed by atoms with E-state index in [9.17, 15) is 13.2 Å². The molecular formula is C21H20N2O3S2. The molecule has 1 N–H and O–H groups in total. The van der Waals surface area contributed by atoms with Crippen LogP contribution in [0.5, 0.6) is 0 Å². The molecule has 1 aromatic heterocycles. The summed E-state index contributed by atoms with van der Waals surface area (Å²) in [5, 5.41) is 4.38. The first-order chi connectivity index (χ1) is 13.6. The number of benzene rings is 2. The number of aryl methyl sites for hydroxylation is 1. The molecule has 0 aliphatic carbocycles. The van der Waals surface area contributed by atoms with Crippen molar-refractivity contribution in [2.45, 2.75) is 24.3 Å². The molecule has 2 heterocycles. The topological polar surface area (TPSA) is 66.5 Å². The van der Waals surface area contributed by atoms with Crippen LogP contribution in [0.3, 0.4) is 0 Å². The number of nitrogens with one attached hydrogen (secondary N) is 1. The molecule has 144 valence electrons. The predicted octanol–water partition coefficient (Wildman–Crippen LogP) is 3.82. The first-order valence-electron chi connectivity index (χ1n) is 9.07. The fourth-order valence-electron chi connectivity index (χ4n) is 3.31. The van der Waals surface area contributed by atoms with E-state index in [1.807, 2.05) is 54.6 Å². The Hall–Kier alpha value is -2.64. The molecule has 4 rings (SSSR count). The molecule has 2 aromatic carbocycles. The quantitative estimate of drug-likeness (QED) is 0.693. The van der Waals surface area contributed by atoms with E-state index in [1.165, 1.54) is 10.4 Å². The number of sulfonamides is 1. The average Bonchev–Trinajstić information content (AvgIpc) is 3.24. The fourth-order valence-corrected chi connectivity index (χ4v) is 6.03. The molecule has 1 aliphatic heterocycles. The molecule has 1 amide bonds. The number of nitrogens with zero attached hydrogens (tertiary/aromatic N) is 1. The van der Waals surface area contributed by atoms with Crippen LogP contribution in [0.25, 0.3) is 0 Å². The predicted molar refractivity (Wildman–Crippen MR) is 111 cm³/mol. The van der Waals surface area contributed by atoms with Gasteiger partial charge in [-0.15, -0.1) is 11.3 Å². The summed E-state index contributed by atoms with van der Waals surface area (Å²) >= 11 is 1.15. The van der Waals surface area contributed by atoms with Crippen molar-refractivity contribution >= 4 is 33.0 Å². The standard InChI is InChI=1S/C21H20N2O3S2/c24-21(22-14-16-7-2-1-3-8-16)20-13-18(15-27-20)28(25,26)23-12-6-10-17-9-4-5-11-19(17)23/h1-5,7-9,11,13,15H,6,10,12,14H2,(H,22,24). The highest BCUT2D eigenvalue weighted by Crippen LogP contribution is 2.33. The molecule has 3 aromatic rings. The highest BCUT2D eigenvalue weighted by Gasteiger charge is 2.30. The molecule has 0 atom stereocenters. The lowest BCUT2D eigenvalue weighted by atomic mass is 10.0. The summed E-state index contributed by atoms with van der Waals surface area (Å²) < 4.78 is 27.8. The number of amides is 1. The highest BCUT2D eigenvalue weighted by molar-refractivity contribution is 7.93. The van der Waals surface area contributed by atoms with E-state index < -0.39 is 10.0 Å². The number of rotatable bonds is 5. The van der Waals surface area contributed by atoms with Crippen LogP contribution in [0.4, 0.5) is 5.69 Å². The van der Waals surface area contributed by atoms with Gasteiger partial charge in [0.2, 0.25) is 0 Å². The van der Waals surface area contributed by atoms with Crippen molar-refractivity contribution in [2.24, 2.45) is 0 Å². The fraction of sp³-hybridized carbons (Fsp3) is 0.190. The van der Waals surface area contributed by atoms with Gasteiger partial charge in [0.05, 0.1) is 15.5 Å². The molecule has 0 radical (unpaired) electrons. The summed E-state index contributed by atoms with van der Waals surface area (Å²) in [4.78, 5) is 13.0. The molecule has 0 spiro atoms. The van der Waals surface area contributed by atoms with E-state index in [0.29, 0.717) is 18.0 Å². The van der Waals surface area contributed by atoms with E-state index in [-0.39, 0.29) is 10.8 Å². The van der Waals surface area contributed by atoms with Crippen LogP contribution in [0.2, 0.25) is 0 Å². The van der Waals surface area contributed by atoms with Crippen LogP contribution in [0.15, 0.2) is 70.9 Å². The van der Waals surface area contributed by atoms with Gasteiger partial charge in [-0.2, -0.15) is 0 Å². The van der Waals surface area contributed by atoms with Crippen molar-refractivity contribution in [1.29, 1.82) is 0 Å². The average molecular weight is 413 g/mol. The number of carbonyl (C=O) groups excluding carboxylic acids is 1. The Morgan fingerprint density at radius 2 is 1.82 bits per heavy atom. The zero-order valence-electron chi connectivity index (χ0n) is 15.2. The van der Waals surface area contributed by atoms with E-state index in [0.717, 1.165) is 41.0 Å². The third-order valence-corrected chi connectivity index (χ3v) is 7.62. The minimum atomic E-state index is -3.69. The second kappa shape index (κ2) is 7.77. The van der Waals surface area contributed by atoms with Gasteiger partial charge >= 0.3 is 0 Å². The summed E-state index contributed by atoms with van der Waals surface area (Å²) in [6.07, 6.45) is 1.66. The summed E-state index contributed by atoms with van der Waals surface area (Å²) in [5.41, 5.74) is 2.76. The second-order valence-electron chi connectivity index (χ2n) is 6.62. The molecule has 1 aliphatic rings. The summed E-state index contributed by atoms with van der Waals surface area (Å²) in [7, 11) is -3.69. The van der Waals surface area contributed by atoms with Crippen molar-refractivity contribution in [3.05, 3.63) is 82.0 Å².